The highest BCUT2D eigenvalue weighted by Crippen LogP contribution is 2.47. The topological polar surface area (TPSA) is 9.23 Å². The van der Waals surface area contributed by atoms with Crippen LogP contribution in [0.3, 0.4) is 0 Å². The number of hydrogen-bond acceptors (Lipinski definition) is 1. The highest BCUT2D eigenvalue weighted by atomic mass is 31.1. The van der Waals surface area contributed by atoms with E-state index in [2.05, 4.69) is 65.0 Å². The van der Waals surface area contributed by atoms with Crippen molar-refractivity contribution in [3.8, 4) is 0 Å². The minimum Gasteiger partial charge on any atom is -0.351 e. The third kappa shape index (κ3) is 4.54. The number of rotatable bonds is 5. The average molecular weight is 306 g/mol. The second-order valence-corrected chi connectivity index (χ2v) is 9.64. The van der Waals surface area contributed by atoms with E-state index in [1.165, 1.54) is 24.6 Å². The fourth-order valence-corrected chi connectivity index (χ4v) is 5.40. The van der Waals surface area contributed by atoms with Gasteiger partial charge in [0.1, 0.15) is 0 Å². The van der Waals surface area contributed by atoms with Crippen LogP contribution in [0.5, 0.6) is 0 Å². The van der Waals surface area contributed by atoms with Gasteiger partial charge in [0, 0.05) is 11.0 Å². The van der Waals surface area contributed by atoms with E-state index in [1.54, 1.807) is 0 Å². The van der Waals surface area contributed by atoms with E-state index in [-0.39, 0.29) is 0 Å². The van der Waals surface area contributed by atoms with E-state index in [9.17, 15) is 0 Å². The van der Waals surface area contributed by atoms with Crippen molar-refractivity contribution in [2.75, 3.05) is 0 Å². The molecule has 0 bridgehead atoms. The third-order valence-corrected chi connectivity index (χ3v) is 6.93. The molecule has 21 heavy (non-hydrogen) atoms. The first kappa shape index (κ1) is 17.0. The maximum Gasteiger partial charge on any atom is 0.0655 e. The van der Waals surface area contributed by atoms with Crippen LogP contribution >= 0.6 is 8.15 Å². The van der Waals surface area contributed by atoms with Gasteiger partial charge >= 0.3 is 0 Å². The predicted molar refractivity (Wildman–Crippen MR) is 94.3 cm³/mol. The summed E-state index contributed by atoms with van der Waals surface area (Å²) in [4.78, 5) is 0. The van der Waals surface area contributed by atoms with Gasteiger partial charge in [-0.1, -0.05) is 71.4 Å². The third-order valence-electron chi connectivity index (χ3n) is 4.69. The lowest BCUT2D eigenvalue weighted by atomic mass is 9.75. The molecule has 2 rings (SSSR count). The highest BCUT2D eigenvalue weighted by molar-refractivity contribution is 7.61. The van der Waals surface area contributed by atoms with E-state index in [4.69, 9.17) is 4.52 Å². The number of benzene rings is 1. The van der Waals surface area contributed by atoms with Gasteiger partial charge in [0.15, 0.2) is 0 Å². The Labute approximate surface area is 132 Å². The molecule has 1 nitrogen and oxygen atoms in total. The summed E-state index contributed by atoms with van der Waals surface area (Å²) in [6.07, 6.45) is 4.39. The quantitative estimate of drug-likeness (QED) is 0.644. The SMILES string of the molecule is CC(C)[C@H]1CC[C@H](C)C[C@@H]1OP(c1ccccc1)C(C)C. The van der Waals surface area contributed by atoms with E-state index in [0.717, 1.165) is 17.8 Å². The molecule has 0 spiro atoms. The van der Waals surface area contributed by atoms with Crippen molar-refractivity contribution in [3.63, 3.8) is 0 Å². The van der Waals surface area contributed by atoms with Gasteiger partial charge < -0.3 is 4.52 Å². The Balaban J connectivity index is 2.14. The molecule has 1 aliphatic rings. The van der Waals surface area contributed by atoms with Crippen LogP contribution in [0.4, 0.5) is 0 Å². The monoisotopic (exact) mass is 306 g/mol. The molecule has 0 N–H and O–H groups in total. The van der Waals surface area contributed by atoms with Crippen molar-refractivity contribution in [1.29, 1.82) is 0 Å². The Kier molecular flexibility index (Phi) is 6.26. The van der Waals surface area contributed by atoms with Gasteiger partial charge in [-0.2, -0.15) is 0 Å². The van der Waals surface area contributed by atoms with Crippen LogP contribution in [0.25, 0.3) is 0 Å². The molecule has 118 valence electrons. The average Bonchev–Trinajstić information content (AvgIpc) is 2.45. The van der Waals surface area contributed by atoms with Gasteiger partial charge in [0.2, 0.25) is 0 Å². The summed E-state index contributed by atoms with van der Waals surface area (Å²) in [5.41, 5.74) is 0.576. The lowest BCUT2D eigenvalue weighted by molar-refractivity contribution is 0.0557. The van der Waals surface area contributed by atoms with Crippen molar-refractivity contribution in [2.45, 2.75) is 65.6 Å². The molecular formula is C19H31OP. The van der Waals surface area contributed by atoms with Crippen molar-refractivity contribution in [1.82, 2.24) is 0 Å². The minimum absolute atomic E-state index is 0.447. The minimum atomic E-state index is -0.508. The largest absolute Gasteiger partial charge is 0.351 e. The van der Waals surface area contributed by atoms with Gasteiger partial charge in [-0.3, -0.25) is 0 Å². The summed E-state index contributed by atoms with van der Waals surface area (Å²) < 4.78 is 6.75. The summed E-state index contributed by atoms with van der Waals surface area (Å²) in [5.74, 6) is 2.26. The van der Waals surface area contributed by atoms with Crippen LogP contribution < -0.4 is 5.30 Å². The molecule has 1 aromatic carbocycles. The van der Waals surface area contributed by atoms with Gasteiger partial charge in [-0.15, -0.1) is 0 Å². The standard InChI is InChI=1S/C19H31OP/c1-14(2)18-12-11-16(5)13-19(18)20-21(15(3)4)17-9-7-6-8-10-17/h6-10,14-16,18-19H,11-13H2,1-5H3/t16-,18+,19-,21?/m0/s1. The Morgan fingerprint density at radius 2 is 1.71 bits per heavy atom. The molecule has 1 aromatic rings. The zero-order valence-electron chi connectivity index (χ0n) is 14.3. The van der Waals surface area contributed by atoms with Gasteiger partial charge in [0.05, 0.1) is 14.3 Å². The molecule has 0 radical (unpaired) electrons. The molecule has 2 heteroatoms. The zero-order valence-corrected chi connectivity index (χ0v) is 15.1. The van der Waals surface area contributed by atoms with Crippen LogP contribution in [-0.4, -0.2) is 11.8 Å². The molecule has 0 amide bonds. The van der Waals surface area contributed by atoms with Gasteiger partial charge in [-0.25, -0.2) is 0 Å². The second-order valence-electron chi connectivity index (χ2n) is 7.23. The Hall–Kier alpha value is -0.390. The van der Waals surface area contributed by atoms with E-state index in [1.807, 2.05) is 0 Å². The van der Waals surface area contributed by atoms with Crippen LogP contribution in [0, 0.1) is 17.8 Å². The molecule has 1 fully saturated rings. The molecular weight excluding hydrogens is 275 g/mol. The molecule has 0 aromatic heterocycles. The van der Waals surface area contributed by atoms with Crippen molar-refractivity contribution >= 4 is 13.5 Å². The predicted octanol–water partition coefficient (Wildman–Crippen LogP) is 5.59. The van der Waals surface area contributed by atoms with Crippen molar-refractivity contribution in [3.05, 3.63) is 30.3 Å². The molecule has 4 atom stereocenters. The summed E-state index contributed by atoms with van der Waals surface area (Å²) in [6.45, 7) is 11.7. The fourth-order valence-electron chi connectivity index (χ4n) is 3.44. The highest BCUT2D eigenvalue weighted by Gasteiger charge is 2.34. The smallest absolute Gasteiger partial charge is 0.0655 e. The summed E-state index contributed by atoms with van der Waals surface area (Å²) in [7, 11) is -0.508. The molecule has 1 saturated carbocycles. The Morgan fingerprint density at radius 1 is 1.05 bits per heavy atom. The normalized spacial score (nSPS) is 28.0. The van der Waals surface area contributed by atoms with E-state index < -0.39 is 8.15 Å². The van der Waals surface area contributed by atoms with Crippen LogP contribution in [0.1, 0.15) is 53.9 Å². The summed E-state index contributed by atoms with van der Waals surface area (Å²) in [6, 6.07) is 10.8. The van der Waals surface area contributed by atoms with Crippen LogP contribution in [0.15, 0.2) is 30.3 Å². The summed E-state index contributed by atoms with van der Waals surface area (Å²) >= 11 is 0. The van der Waals surface area contributed by atoms with Crippen molar-refractivity contribution < 1.29 is 4.52 Å². The van der Waals surface area contributed by atoms with Crippen LogP contribution in [-0.2, 0) is 4.52 Å². The molecule has 1 unspecified atom stereocenters. The second kappa shape index (κ2) is 7.75. The first-order chi connectivity index (χ1) is 9.99. The van der Waals surface area contributed by atoms with E-state index in [0.29, 0.717) is 11.8 Å². The molecule has 0 aliphatic heterocycles. The summed E-state index contributed by atoms with van der Waals surface area (Å²) in [5, 5.41) is 1.39. The Bertz CT molecular complexity index is 415. The first-order valence-corrected chi connectivity index (χ1v) is 9.83. The van der Waals surface area contributed by atoms with E-state index >= 15 is 0 Å². The first-order valence-electron chi connectivity index (χ1n) is 8.50. The fraction of sp³-hybridized carbons (Fsp3) is 0.684. The zero-order chi connectivity index (χ0) is 15.4. The number of hydrogen-bond donors (Lipinski definition) is 0. The molecule has 0 saturated heterocycles. The lowest BCUT2D eigenvalue weighted by Crippen LogP contribution is -2.34. The van der Waals surface area contributed by atoms with Gasteiger partial charge in [-0.05, 0) is 30.6 Å². The molecule has 0 heterocycles. The van der Waals surface area contributed by atoms with Gasteiger partial charge in [0.25, 0.3) is 0 Å². The lowest BCUT2D eigenvalue weighted by Gasteiger charge is -2.39. The Morgan fingerprint density at radius 3 is 2.29 bits per heavy atom. The van der Waals surface area contributed by atoms with Crippen molar-refractivity contribution in [2.24, 2.45) is 17.8 Å². The maximum atomic E-state index is 6.75. The molecule has 1 aliphatic carbocycles. The van der Waals surface area contributed by atoms with Crippen LogP contribution in [0.2, 0.25) is 0 Å². The maximum absolute atomic E-state index is 6.75.